The Balaban J connectivity index is 2.02. The molecule has 0 unspecified atom stereocenters. The minimum Gasteiger partial charge on any atom is -0.368 e. The lowest BCUT2D eigenvalue weighted by Crippen LogP contribution is -1.98. The Morgan fingerprint density at radius 1 is 1.31 bits per heavy atom. The summed E-state index contributed by atoms with van der Waals surface area (Å²) in [5.74, 6) is 0.880. The van der Waals surface area contributed by atoms with Crippen LogP contribution in [0.5, 0.6) is 0 Å². The van der Waals surface area contributed by atoms with Crippen LogP contribution in [0.25, 0.3) is 0 Å². The number of hydrogen-bond donors (Lipinski definition) is 1. The van der Waals surface area contributed by atoms with Gasteiger partial charge in [0.1, 0.15) is 5.82 Å². The van der Waals surface area contributed by atoms with Gasteiger partial charge in [0.2, 0.25) is 5.95 Å². The third-order valence-corrected chi connectivity index (χ3v) is 3.24. The lowest BCUT2D eigenvalue weighted by molar-refractivity contribution is 0.627. The van der Waals surface area contributed by atoms with Crippen molar-refractivity contribution in [2.24, 2.45) is 7.05 Å². The largest absolute Gasteiger partial charge is 0.368 e. The number of aromatic nitrogens is 3. The Hall–Kier alpha value is -1.56. The zero-order chi connectivity index (χ0) is 11.5. The molecule has 84 valence electrons. The van der Waals surface area contributed by atoms with Crippen molar-refractivity contribution >= 4 is 17.7 Å². The highest BCUT2D eigenvalue weighted by molar-refractivity contribution is 7.98. The molecule has 6 heteroatoms. The summed E-state index contributed by atoms with van der Waals surface area (Å²) >= 11 is 1.51. The second kappa shape index (κ2) is 4.52. The third-order valence-electron chi connectivity index (χ3n) is 2.15. The normalized spacial score (nSPS) is 10.6. The van der Waals surface area contributed by atoms with Gasteiger partial charge in [-0.3, -0.25) is 4.57 Å². The van der Waals surface area contributed by atoms with Gasteiger partial charge in [0.15, 0.2) is 5.16 Å². The molecule has 0 saturated heterocycles. The zero-order valence-corrected chi connectivity index (χ0v) is 9.54. The molecular formula is C10H11FN4S. The maximum Gasteiger partial charge on any atom is 0.222 e. The van der Waals surface area contributed by atoms with E-state index in [2.05, 4.69) is 10.2 Å². The van der Waals surface area contributed by atoms with Crippen molar-refractivity contribution in [1.29, 1.82) is 0 Å². The standard InChI is InChI=1S/C10H11FN4S/c1-15-9(12)13-14-10(15)16-6-7-2-4-8(11)5-3-7/h2-5H,6H2,1H3,(H2,12,13). The number of anilines is 1. The summed E-state index contributed by atoms with van der Waals surface area (Å²) in [6, 6.07) is 6.39. The van der Waals surface area contributed by atoms with Gasteiger partial charge >= 0.3 is 0 Å². The Bertz CT molecular complexity index is 480. The van der Waals surface area contributed by atoms with Crippen LogP contribution < -0.4 is 5.73 Å². The molecule has 2 N–H and O–H groups in total. The van der Waals surface area contributed by atoms with Gasteiger partial charge in [0.25, 0.3) is 0 Å². The molecule has 1 aromatic heterocycles. The van der Waals surface area contributed by atoms with Crippen molar-refractivity contribution in [2.75, 3.05) is 5.73 Å². The van der Waals surface area contributed by atoms with Crippen molar-refractivity contribution in [3.05, 3.63) is 35.6 Å². The van der Waals surface area contributed by atoms with Crippen molar-refractivity contribution < 1.29 is 4.39 Å². The van der Waals surface area contributed by atoms with Gasteiger partial charge in [-0.1, -0.05) is 23.9 Å². The molecule has 4 nitrogen and oxygen atoms in total. The summed E-state index contributed by atoms with van der Waals surface area (Å²) < 4.78 is 14.4. The molecule has 0 fully saturated rings. The van der Waals surface area contributed by atoms with E-state index in [1.165, 1.54) is 23.9 Å². The second-order valence-corrected chi connectivity index (χ2v) is 4.26. The van der Waals surface area contributed by atoms with Gasteiger partial charge in [-0.05, 0) is 17.7 Å². The molecule has 0 aliphatic rings. The summed E-state index contributed by atoms with van der Waals surface area (Å²) in [4.78, 5) is 0. The topological polar surface area (TPSA) is 56.7 Å². The highest BCUT2D eigenvalue weighted by Crippen LogP contribution is 2.21. The Morgan fingerprint density at radius 3 is 2.56 bits per heavy atom. The quantitative estimate of drug-likeness (QED) is 0.829. The second-order valence-electron chi connectivity index (χ2n) is 3.31. The van der Waals surface area contributed by atoms with Gasteiger partial charge in [0, 0.05) is 12.8 Å². The molecule has 16 heavy (non-hydrogen) atoms. The SMILES string of the molecule is Cn1c(N)nnc1SCc1ccc(F)cc1. The Kier molecular flexibility index (Phi) is 3.09. The average Bonchev–Trinajstić information content (AvgIpc) is 2.60. The molecule has 2 aromatic rings. The molecule has 0 radical (unpaired) electrons. The lowest BCUT2D eigenvalue weighted by atomic mass is 10.2. The van der Waals surface area contributed by atoms with Crippen molar-refractivity contribution in [2.45, 2.75) is 10.9 Å². The molecule has 1 heterocycles. The highest BCUT2D eigenvalue weighted by atomic mass is 32.2. The van der Waals surface area contributed by atoms with Gasteiger partial charge in [-0.25, -0.2) is 4.39 Å². The minimum absolute atomic E-state index is 0.225. The Labute approximate surface area is 96.7 Å². The van der Waals surface area contributed by atoms with Gasteiger partial charge in [0.05, 0.1) is 0 Å². The predicted molar refractivity (Wildman–Crippen MR) is 61.4 cm³/mol. The first-order valence-electron chi connectivity index (χ1n) is 4.69. The van der Waals surface area contributed by atoms with Gasteiger partial charge < -0.3 is 5.73 Å². The van der Waals surface area contributed by atoms with Gasteiger partial charge in [-0.15, -0.1) is 10.2 Å². The maximum atomic E-state index is 12.7. The fourth-order valence-electron chi connectivity index (χ4n) is 1.18. The number of benzene rings is 1. The number of hydrogen-bond acceptors (Lipinski definition) is 4. The fraction of sp³-hybridized carbons (Fsp3) is 0.200. The molecule has 0 spiro atoms. The van der Waals surface area contributed by atoms with E-state index in [9.17, 15) is 4.39 Å². The van der Waals surface area contributed by atoms with E-state index >= 15 is 0 Å². The molecule has 0 bridgehead atoms. The molecule has 0 amide bonds. The van der Waals surface area contributed by atoms with Crippen molar-refractivity contribution in [1.82, 2.24) is 14.8 Å². The monoisotopic (exact) mass is 238 g/mol. The van der Waals surface area contributed by atoms with E-state index < -0.39 is 0 Å². The summed E-state index contributed by atoms with van der Waals surface area (Å²) in [7, 11) is 1.81. The first kappa shape index (κ1) is 10.9. The zero-order valence-electron chi connectivity index (χ0n) is 8.72. The number of nitrogens with two attached hydrogens (primary N) is 1. The predicted octanol–water partition coefficient (Wildman–Crippen LogP) is 1.83. The summed E-state index contributed by atoms with van der Waals surface area (Å²) in [6.07, 6.45) is 0. The van der Waals surface area contributed by atoms with Crippen LogP contribution >= 0.6 is 11.8 Å². The van der Waals surface area contributed by atoms with E-state index in [4.69, 9.17) is 5.73 Å². The van der Waals surface area contributed by atoms with Crippen LogP contribution in [0.1, 0.15) is 5.56 Å². The Morgan fingerprint density at radius 2 is 2.00 bits per heavy atom. The summed E-state index contributed by atoms with van der Waals surface area (Å²) in [5.41, 5.74) is 6.59. The number of rotatable bonds is 3. The minimum atomic E-state index is -0.225. The van der Waals surface area contributed by atoms with Crippen LogP contribution in [-0.4, -0.2) is 14.8 Å². The summed E-state index contributed by atoms with van der Waals surface area (Å²) in [6.45, 7) is 0. The maximum absolute atomic E-state index is 12.7. The molecular weight excluding hydrogens is 227 g/mol. The smallest absolute Gasteiger partial charge is 0.222 e. The number of thioether (sulfide) groups is 1. The van der Waals surface area contributed by atoms with Crippen molar-refractivity contribution in [3.8, 4) is 0 Å². The first-order chi connectivity index (χ1) is 7.66. The lowest BCUT2D eigenvalue weighted by Gasteiger charge is -2.01. The average molecular weight is 238 g/mol. The number of halogens is 1. The van der Waals surface area contributed by atoms with E-state index in [1.807, 2.05) is 7.05 Å². The van der Waals surface area contributed by atoms with Crippen LogP contribution in [0.15, 0.2) is 29.4 Å². The van der Waals surface area contributed by atoms with E-state index in [0.29, 0.717) is 11.7 Å². The van der Waals surface area contributed by atoms with E-state index in [-0.39, 0.29) is 5.82 Å². The molecule has 1 aromatic carbocycles. The van der Waals surface area contributed by atoms with E-state index in [0.717, 1.165) is 10.7 Å². The molecule has 0 saturated carbocycles. The van der Waals surface area contributed by atoms with Crippen LogP contribution in [0.4, 0.5) is 10.3 Å². The number of nitrogens with zero attached hydrogens (tertiary/aromatic N) is 3. The number of nitrogen functional groups attached to an aromatic ring is 1. The molecule has 0 aliphatic carbocycles. The van der Waals surface area contributed by atoms with Gasteiger partial charge in [-0.2, -0.15) is 0 Å². The fourth-order valence-corrected chi connectivity index (χ4v) is 2.05. The first-order valence-corrected chi connectivity index (χ1v) is 5.67. The molecule has 0 aliphatic heterocycles. The van der Waals surface area contributed by atoms with Crippen LogP contribution in [-0.2, 0) is 12.8 Å². The highest BCUT2D eigenvalue weighted by Gasteiger charge is 2.06. The van der Waals surface area contributed by atoms with Crippen molar-refractivity contribution in [3.63, 3.8) is 0 Å². The van der Waals surface area contributed by atoms with Crippen LogP contribution in [0.3, 0.4) is 0 Å². The molecule has 2 rings (SSSR count). The van der Waals surface area contributed by atoms with Crippen LogP contribution in [0, 0.1) is 5.82 Å². The summed E-state index contributed by atoms with van der Waals surface area (Å²) in [5, 5.41) is 8.43. The van der Waals surface area contributed by atoms with Crippen LogP contribution in [0.2, 0.25) is 0 Å². The third kappa shape index (κ3) is 2.33. The van der Waals surface area contributed by atoms with E-state index in [1.54, 1.807) is 16.7 Å². The molecule has 0 atom stereocenters.